The number of hydrogen-bond donors (Lipinski definition) is 3. The second-order valence-corrected chi connectivity index (χ2v) is 13.7. The van der Waals surface area contributed by atoms with Crippen molar-refractivity contribution in [3.63, 3.8) is 0 Å². The van der Waals surface area contributed by atoms with Gasteiger partial charge in [-0.15, -0.1) is 0 Å². The molecule has 1 aromatic rings. The van der Waals surface area contributed by atoms with Crippen molar-refractivity contribution < 1.29 is 39.2 Å². The molecule has 0 unspecified atom stereocenters. The number of carbonyl (C=O) groups excluding carboxylic acids is 3. The van der Waals surface area contributed by atoms with E-state index in [9.17, 15) is 29.7 Å². The third kappa shape index (κ3) is 5.15. The number of Topliss-reactive ketones (excluding diaryl/α,β-unsaturated/α-hetero) is 1. The van der Waals surface area contributed by atoms with Crippen LogP contribution >= 0.6 is 0 Å². The van der Waals surface area contributed by atoms with Gasteiger partial charge in [0.1, 0.15) is 11.7 Å². The predicted molar refractivity (Wildman–Crippen MR) is 169 cm³/mol. The molecule has 0 bridgehead atoms. The smallest absolute Gasteiger partial charge is 0.338 e. The molecule has 0 aromatic heterocycles. The SMILES string of the molecule is CC/C=C/C/C=C/CCC(=O)O[C@@]12[C@H](OC(=O)c3ccccc3)[C@@H](C)[C@@]3(O)[C@@H](C=C(CO)C[C@]4(O)C(=O)C(C)=C[C@@H]34)[C@@H]1C2(C)C. The number of carbonyl (C=O) groups is 3. The highest BCUT2D eigenvalue weighted by Gasteiger charge is 2.88. The lowest BCUT2D eigenvalue weighted by atomic mass is 9.59. The highest BCUT2D eigenvalue weighted by molar-refractivity contribution is 6.04. The fourth-order valence-electron chi connectivity index (χ4n) is 8.58. The summed E-state index contributed by atoms with van der Waals surface area (Å²) in [5.74, 6) is -4.74. The first-order chi connectivity index (χ1) is 21.3. The second-order valence-electron chi connectivity index (χ2n) is 13.7. The summed E-state index contributed by atoms with van der Waals surface area (Å²) in [7, 11) is 0. The van der Waals surface area contributed by atoms with Crippen molar-refractivity contribution in [2.45, 2.75) is 89.6 Å². The number of rotatable bonds is 10. The zero-order valence-electron chi connectivity index (χ0n) is 26.9. The minimum absolute atomic E-state index is 0.123. The van der Waals surface area contributed by atoms with Crippen LogP contribution in [-0.4, -0.2) is 62.6 Å². The van der Waals surface area contributed by atoms with Crippen molar-refractivity contribution in [2.24, 2.45) is 29.1 Å². The van der Waals surface area contributed by atoms with Gasteiger partial charge in [0.05, 0.1) is 17.8 Å². The standard InChI is InChI=1S/C37H46O8/c1-6-7-8-9-10-11-15-18-29(39)45-37-30(34(37,4)5)27-20-25(22-38)21-35(42)28(19-23(2)31(35)40)36(27,43)24(3)32(37)44-33(41)26-16-13-12-14-17-26/h7-8,10-14,16-17,19-20,24,27-28,30,32,38,42-43H,6,9,15,18,21-22H2,1-5H3/b8-7+,11-10+/t24-,27+,28-,30-,32-,35-,36-,37-/m1/s1. The van der Waals surface area contributed by atoms with Crippen molar-refractivity contribution in [1.29, 1.82) is 0 Å². The van der Waals surface area contributed by atoms with E-state index in [1.165, 1.54) is 0 Å². The lowest BCUT2D eigenvalue weighted by Gasteiger charge is -2.53. The Kier molecular flexibility index (Phi) is 8.90. The van der Waals surface area contributed by atoms with Crippen LogP contribution in [0.3, 0.4) is 0 Å². The molecular weight excluding hydrogens is 572 g/mol. The van der Waals surface area contributed by atoms with Crippen LogP contribution in [0, 0.1) is 29.1 Å². The molecule has 0 radical (unpaired) electrons. The molecule has 2 fully saturated rings. The summed E-state index contributed by atoms with van der Waals surface area (Å²) in [5, 5.41) is 35.1. The van der Waals surface area contributed by atoms with E-state index >= 15 is 0 Å². The Balaban J connectivity index is 1.56. The Bertz CT molecular complexity index is 1450. The quantitative estimate of drug-likeness (QED) is 0.246. The summed E-state index contributed by atoms with van der Waals surface area (Å²) in [6, 6.07) is 8.49. The van der Waals surface area contributed by atoms with E-state index in [1.807, 2.05) is 26.0 Å². The van der Waals surface area contributed by atoms with Gasteiger partial charge in [0.2, 0.25) is 0 Å². The molecule has 4 aliphatic rings. The second kappa shape index (κ2) is 12.1. The number of ether oxygens (including phenoxy) is 2. The van der Waals surface area contributed by atoms with Crippen LogP contribution in [0.15, 0.2) is 77.9 Å². The van der Waals surface area contributed by atoms with Crippen molar-refractivity contribution in [2.75, 3.05) is 6.61 Å². The monoisotopic (exact) mass is 618 g/mol. The number of aliphatic hydroxyl groups is 3. The minimum Gasteiger partial charge on any atom is -0.454 e. The summed E-state index contributed by atoms with van der Waals surface area (Å²) in [6.45, 7) is 8.85. The van der Waals surface area contributed by atoms with Crippen LogP contribution in [0.5, 0.6) is 0 Å². The van der Waals surface area contributed by atoms with Gasteiger partial charge in [-0.25, -0.2) is 4.79 Å². The highest BCUT2D eigenvalue weighted by Crippen LogP contribution is 2.77. The van der Waals surface area contributed by atoms with E-state index in [4.69, 9.17) is 9.47 Å². The molecule has 242 valence electrons. The topological polar surface area (TPSA) is 130 Å². The van der Waals surface area contributed by atoms with Crippen LogP contribution in [0.1, 0.15) is 77.1 Å². The Morgan fingerprint density at radius 3 is 2.40 bits per heavy atom. The number of aliphatic hydroxyl groups excluding tert-OH is 1. The third-order valence-electron chi connectivity index (χ3n) is 10.8. The van der Waals surface area contributed by atoms with Gasteiger partial charge in [-0.3, -0.25) is 9.59 Å². The van der Waals surface area contributed by atoms with E-state index in [0.717, 1.165) is 12.8 Å². The number of ketones is 1. The summed E-state index contributed by atoms with van der Waals surface area (Å²) in [6.07, 6.45) is 12.6. The molecule has 2 saturated carbocycles. The summed E-state index contributed by atoms with van der Waals surface area (Å²) in [5.41, 5.74) is -4.74. The summed E-state index contributed by atoms with van der Waals surface area (Å²) in [4.78, 5) is 40.5. The first-order valence-electron chi connectivity index (χ1n) is 16.1. The Morgan fingerprint density at radius 2 is 1.73 bits per heavy atom. The molecule has 4 aliphatic carbocycles. The van der Waals surface area contributed by atoms with E-state index in [1.54, 1.807) is 56.3 Å². The van der Waals surface area contributed by atoms with Gasteiger partial charge < -0.3 is 24.8 Å². The molecule has 0 heterocycles. The molecule has 1 aromatic carbocycles. The fraction of sp³-hybridized carbons (Fsp3) is 0.541. The van der Waals surface area contributed by atoms with Gasteiger partial charge in [0.15, 0.2) is 11.4 Å². The Morgan fingerprint density at radius 1 is 1.04 bits per heavy atom. The maximum atomic E-state index is 13.6. The number of benzene rings is 1. The minimum atomic E-state index is -1.97. The van der Waals surface area contributed by atoms with Crippen LogP contribution in [0.25, 0.3) is 0 Å². The average Bonchev–Trinajstić information content (AvgIpc) is 3.44. The van der Waals surface area contributed by atoms with Gasteiger partial charge in [-0.1, -0.05) is 82.4 Å². The van der Waals surface area contributed by atoms with Gasteiger partial charge >= 0.3 is 11.9 Å². The number of esters is 2. The molecule has 0 saturated heterocycles. The Hall–Kier alpha value is -3.33. The van der Waals surface area contributed by atoms with Crippen LogP contribution in [0.4, 0.5) is 0 Å². The van der Waals surface area contributed by atoms with Crippen molar-refractivity contribution in [3.8, 4) is 0 Å². The van der Waals surface area contributed by atoms with Crippen LogP contribution in [-0.2, 0) is 19.1 Å². The summed E-state index contributed by atoms with van der Waals surface area (Å²) >= 11 is 0. The van der Waals surface area contributed by atoms with Crippen molar-refractivity contribution in [3.05, 3.63) is 83.5 Å². The van der Waals surface area contributed by atoms with Gasteiger partial charge in [-0.2, -0.15) is 0 Å². The number of allylic oxidation sites excluding steroid dienone is 4. The molecule has 0 aliphatic heterocycles. The lowest BCUT2D eigenvalue weighted by Crippen LogP contribution is -2.66. The Labute approximate surface area is 265 Å². The van der Waals surface area contributed by atoms with E-state index < -0.39 is 76.3 Å². The van der Waals surface area contributed by atoms with Crippen molar-refractivity contribution in [1.82, 2.24) is 0 Å². The maximum absolute atomic E-state index is 13.6. The van der Waals surface area contributed by atoms with E-state index in [2.05, 4.69) is 19.1 Å². The van der Waals surface area contributed by atoms with Crippen LogP contribution < -0.4 is 0 Å². The number of fused-ring (bicyclic) bond motifs is 5. The third-order valence-corrected chi connectivity index (χ3v) is 10.8. The number of hydrogen-bond acceptors (Lipinski definition) is 8. The van der Waals surface area contributed by atoms with Gasteiger partial charge in [0, 0.05) is 41.9 Å². The largest absolute Gasteiger partial charge is 0.454 e. The average molecular weight is 619 g/mol. The van der Waals surface area contributed by atoms with E-state index in [0.29, 0.717) is 23.1 Å². The summed E-state index contributed by atoms with van der Waals surface area (Å²) < 4.78 is 12.7. The van der Waals surface area contributed by atoms with Gasteiger partial charge in [0.25, 0.3) is 0 Å². The molecule has 5 rings (SSSR count). The highest BCUT2D eigenvalue weighted by atomic mass is 16.6. The first kappa shape index (κ1) is 33.0. The normalized spacial score (nSPS) is 36.4. The maximum Gasteiger partial charge on any atom is 0.338 e. The molecular formula is C37H46O8. The lowest BCUT2D eigenvalue weighted by molar-refractivity contribution is -0.219. The molecule has 0 spiro atoms. The van der Waals surface area contributed by atoms with Gasteiger partial charge in [-0.05, 0) is 49.5 Å². The first-order valence-corrected chi connectivity index (χ1v) is 16.1. The zero-order valence-corrected chi connectivity index (χ0v) is 26.9. The molecule has 0 amide bonds. The fourth-order valence-corrected chi connectivity index (χ4v) is 8.58. The molecule has 45 heavy (non-hydrogen) atoms. The van der Waals surface area contributed by atoms with Crippen molar-refractivity contribution >= 4 is 17.7 Å². The molecule has 8 nitrogen and oxygen atoms in total. The predicted octanol–water partition coefficient (Wildman–Crippen LogP) is 5.04. The zero-order chi connectivity index (χ0) is 32.8. The van der Waals surface area contributed by atoms with E-state index in [-0.39, 0.29) is 12.8 Å². The molecule has 3 N–H and O–H groups in total. The molecule has 8 heteroatoms. The van der Waals surface area contributed by atoms with Crippen LogP contribution in [0.2, 0.25) is 0 Å². The molecule has 8 atom stereocenters.